The first-order valence-corrected chi connectivity index (χ1v) is 6.81. The van der Waals surface area contributed by atoms with Crippen LogP contribution in [-0.2, 0) is 11.2 Å². The molecule has 1 saturated carbocycles. The summed E-state index contributed by atoms with van der Waals surface area (Å²) in [7, 11) is 0. The molecule has 76 valence electrons. The maximum Gasteiger partial charge on any atom is 0.124 e. The average Bonchev–Trinajstić information content (AvgIpc) is 2.57. The van der Waals surface area contributed by atoms with Crippen LogP contribution in [0.5, 0.6) is 0 Å². The third kappa shape index (κ3) is 1.33. The molecule has 0 aromatic carbocycles. The van der Waals surface area contributed by atoms with Crippen molar-refractivity contribution in [3.8, 4) is 0 Å². The van der Waals surface area contributed by atoms with Crippen molar-refractivity contribution in [1.82, 2.24) is 0 Å². The first kappa shape index (κ1) is 9.85. The van der Waals surface area contributed by atoms with Crippen LogP contribution in [0.2, 0.25) is 0 Å². The summed E-state index contributed by atoms with van der Waals surface area (Å²) in [6.45, 7) is 6.93. The fourth-order valence-electron chi connectivity index (χ4n) is 3.15. The van der Waals surface area contributed by atoms with E-state index in [-0.39, 0.29) is 0 Å². The lowest BCUT2D eigenvalue weighted by atomic mass is 9.76. The summed E-state index contributed by atoms with van der Waals surface area (Å²) in [5, 5.41) is 0.521. The Kier molecular flexibility index (Phi) is 2.40. The van der Waals surface area contributed by atoms with Crippen LogP contribution in [0.3, 0.4) is 0 Å². The molecule has 0 radical (unpaired) electrons. The summed E-state index contributed by atoms with van der Waals surface area (Å²) < 4.78 is 11.9. The van der Waals surface area contributed by atoms with Crippen LogP contribution in [0, 0.1) is 17.3 Å². The first-order chi connectivity index (χ1) is 6.05. The van der Waals surface area contributed by atoms with Gasteiger partial charge < -0.3 is 4.55 Å². The molecular weight excluding hydrogens is 180 g/mol. The number of hydrogen-bond acceptors (Lipinski definition) is 1. The highest BCUT2D eigenvalue weighted by molar-refractivity contribution is 7.92. The van der Waals surface area contributed by atoms with Crippen LogP contribution in [0.1, 0.15) is 40.0 Å². The third-order valence-electron chi connectivity index (χ3n) is 4.42. The fourth-order valence-corrected chi connectivity index (χ4v) is 5.63. The Morgan fingerprint density at radius 2 is 2.08 bits per heavy atom. The van der Waals surface area contributed by atoms with Gasteiger partial charge in [-0.05, 0) is 36.4 Å². The monoisotopic (exact) mass is 200 g/mol. The Hall–Kier alpha value is 0.310. The van der Waals surface area contributed by atoms with Gasteiger partial charge in [0.05, 0.1) is 0 Å². The molecule has 0 bridgehead atoms. The summed E-state index contributed by atoms with van der Waals surface area (Å²) in [6.07, 6.45) is 3.84. The Morgan fingerprint density at radius 3 is 2.69 bits per heavy atom. The standard InChI is InChI=1S/C11H20OS/c1-8(2)11(3)6-4-9-5-7-13(12)10(9)11/h8-10H,4-7H2,1-3H3. The zero-order chi connectivity index (χ0) is 9.64. The molecule has 2 fully saturated rings. The quantitative estimate of drug-likeness (QED) is 0.597. The van der Waals surface area contributed by atoms with E-state index in [2.05, 4.69) is 20.8 Å². The van der Waals surface area contributed by atoms with E-state index in [1.165, 1.54) is 19.3 Å². The average molecular weight is 200 g/mol. The Balaban J connectivity index is 2.22. The fraction of sp³-hybridized carbons (Fsp3) is 1.00. The molecule has 0 amide bonds. The van der Waals surface area contributed by atoms with Gasteiger partial charge in [0.25, 0.3) is 0 Å². The van der Waals surface area contributed by atoms with Gasteiger partial charge in [0.15, 0.2) is 0 Å². The molecule has 4 unspecified atom stereocenters. The second-order valence-corrected chi connectivity index (χ2v) is 6.93. The van der Waals surface area contributed by atoms with Crippen LogP contribution in [-0.4, -0.2) is 15.6 Å². The maximum atomic E-state index is 11.9. The van der Waals surface area contributed by atoms with Gasteiger partial charge in [-0.3, -0.25) is 0 Å². The van der Waals surface area contributed by atoms with E-state index in [1.807, 2.05) is 0 Å². The van der Waals surface area contributed by atoms with Crippen LogP contribution in [0.15, 0.2) is 0 Å². The minimum atomic E-state index is -0.518. The van der Waals surface area contributed by atoms with Crippen molar-refractivity contribution >= 4 is 11.2 Å². The van der Waals surface area contributed by atoms with E-state index in [4.69, 9.17) is 0 Å². The Bertz CT molecular complexity index is 204. The van der Waals surface area contributed by atoms with E-state index in [9.17, 15) is 4.55 Å². The molecule has 0 aromatic heterocycles. The van der Waals surface area contributed by atoms with Gasteiger partial charge in [-0.2, -0.15) is 0 Å². The van der Waals surface area contributed by atoms with Gasteiger partial charge in [0.2, 0.25) is 0 Å². The largest absolute Gasteiger partial charge is 0.616 e. The highest BCUT2D eigenvalue weighted by atomic mass is 32.2. The van der Waals surface area contributed by atoms with Crippen molar-refractivity contribution in [3.05, 3.63) is 0 Å². The van der Waals surface area contributed by atoms with E-state index in [0.717, 1.165) is 11.7 Å². The van der Waals surface area contributed by atoms with Gasteiger partial charge in [-0.15, -0.1) is 0 Å². The van der Waals surface area contributed by atoms with E-state index >= 15 is 0 Å². The van der Waals surface area contributed by atoms with E-state index in [1.54, 1.807) is 0 Å². The Morgan fingerprint density at radius 1 is 1.38 bits per heavy atom. The molecule has 1 saturated heterocycles. The lowest BCUT2D eigenvalue weighted by molar-refractivity contribution is 0.225. The summed E-state index contributed by atoms with van der Waals surface area (Å²) in [6, 6.07) is 0. The first-order valence-electron chi connectivity index (χ1n) is 5.43. The molecule has 0 spiro atoms. The van der Waals surface area contributed by atoms with Crippen molar-refractivity contribution in [2.45, 2.75) is 45.3 Å². The van der Waals surface area contributed by atoms with Gasteiger partial charge in [0.1, 0.15) is 11.0 Å². The number of rotatable bonds is 1. The maximum absolute atomic E-state index is 11.9. The minimum Gasteiger partial charge on any atom is -0.616 e. The zero-order valence-corrected chi connectivity index (χ0v) is 9.69. The molecule has 1 heterocycles. The second kappa shape index (κ2) is 3.16. The predicted octanol–water partition coefficient (Wildman–Crippen LogP) is 2.58. The molecule has 2 heteroatoms. The molecule has 0 aromatic rings. The Labute approximate surface area is 84.5 Å². The van der Waals surface area contributed by atoms with Gasteiger partial charge in [-0.1, -0.05) is 20.8 Å². The predicted molar refractivity (Wildman–Crippen MR) is 57.1 cm³/mol. The van der Waals surface area contributed by atoms with Crippen molar-refractivity contribution in [3.63, 3.8) is 0 Å². The highest BCUT2D eigenvalue weighted by Crippen LogP contribution is 2.54. The molecule has 1 nitrogen and oxygen atoms in total. The molecule has 2 rings (SSSR count). The third-order valence-corrected chi connectivity index (χ3v) is 6.55. The highest BCUT2D eigenvalue weighted by Gasteiger charge is 2.56. The molecule has 1 aliphatic heterocycles. The number of fused-ring (bicyclic) bond motifs is 1. The molecule has 2 aliphatic rings. The normalized spacial score (nSPS) is 50.1. The molecule has 1 aliphatic carbocycles. The van der Waals surface area contributed by atoms with Crippen LogP contribution < -0.4 is 0 Å². The summed E-state index contributed by atoms with van der Waals surface area (Å²) in [5.74, 6) is 2.44. The zero-order valence-electron chi connectivity index (χ0n) is 8.88. The minimum absolute atomic E-state index is 0.367. The van der Waals surface area contributed by atoms with Gasteiger partial charge in [-0.25, -0.2) is 0 Å². The summed E-state index contributed by atoms with van der Waals surface area (Å²) in [5.41, 5.74) is 0.367. The van der Waals surface area contributed by atoms with Crippen molar-refractivity contribution in [2.24, 2.45) is 17.3 Å². The molecule has 0 N–H and O–H groups in total. The van der Waals surface area contributed by atoms with Crippen molar-refractivity contribution in [1.29, 1.82) is 0 Å². The summed E-state index contributed by atoms with van der Waals surface area (Å²) in [4.78, 5) is 0. The molecule has 4 atom stereocenters. The topological polar surface area (TPSA) is 23.1 Å². The molecular formula is C11H20OS. The van der Waals surface area contributed by atoms with Crippen molar-refractivity contribution < 1.29 is 4.55 Å². The van der Waals surface area contributed by atoms with Crippen LogP contribution in [0.4, 0.5) is 0 Å². The smallest absolute Gasteiger partial charge is 0.124 e. The lowest BCUT2D eigenvalue weighted by Crippen LogP contribution is -2.38. The SMILES string of the molecule is CC(C)C1(C)CCC2CC[S+]([O-])C21. The van der Waals surface area contributed by atoms with E-state index in [0.29, 0.717) is 16.6 Å². The van der Waals surface area contributed by atoms with Crippen LogP contribution >= 0.6 is 0 Å². The van der Waals surface area contributed by atoms with Crippen LogP contribution in [0.25, 0.3) is 0 Å². The van der Waals surface area contributed by atoms with Gasteiger partial charge >= 0.3 is 0 Å². The van der Waals surface area contributed by atoms with Gasteiger partial charge in [0, 0.05) is 11.3 Å². The van der Waals surface area contributed by atoms with E-state index < -0.39 is 11.2 Å². The lowest BCUT2D eigenvalue weighted by Gasteiger charge is -2.34. The second-order valence-electron chi connectivity index (χ2n) is 5.25. The van der Waals surface area contributed by atoms with Crippen molar-refractivity contribution in [2.75, 3.05) is 5.75 Å². The number of hydrogen-bond donors (Lipinski definition) is 0. The molecule has 13 heavy (non-hydrogen) atoms. The summed E-state index contributed by atoms with van der Waals surface area (Å²) >= 11 is -0.518.